The molecule has 0 aliphatic carbocycles. The first-order valence-corrected chi connectivity index (χ1v) is 20.7. The summed E-state index contributed by atoms with van der Waals surface area (Å²) in [5.74, 6) is 1.25. The quantitative estimate of drug-likeness (QED) is 0.0417. The van der Waals surface area contributed by atoms with E-state index in [2.05, 4.69) is 40.7 Å². The molecule has 0 aliphatic heterocycles. The van der Waals surface area contributed by atoms with Crippen LogP contribution in [0.5, 0.6) is 11.5 Å². The molecule has 0 fully saturated rings. The fraction of sp³-hybridized carbons (Fsp3) is 0.581. The molecule has 4 nitrogen and oxygen atoms in total. The van der Waals surface area contributed by atoms with Crippen LogP contribution in [0.2, 0.25) is 15.1 Å². The van der Waals surface area contributed by atoms with Crippen LogP contribution in [0.4, 0.5) is 0 Å². The van der Waals surface area contributed by atoms with Gasteiger partial charge in [-0.15, -0.1) is 5.56 Å². The highest BCUT2D eigenvalue weighted by Gasteiger charge is 2.44. The SMILES string of the molecule is CCCCCC(OB(Oc1ccc(C)c(Cl)c1)Oc1ccc(C)c(Cl)c1)C(CCC)[N+](CCCC)(CCCC)CCCC.Cc1cc[c-]cc1Cl. The maximum absolute atomic E-state index is 7.06. The predicted octanol–water partition coefficient (Wildman–Crippen LogP) is 13.9. The van der Waals surface area contributed by atoms with Crippen molar-refractivity contribution in [3.63, 3.8) is 0 Å². The van der Waals surface area contributed by atoms with Crippen LogP contribution in [0.3, 0.4) is 0 Å². The molecule has 0 aromatic heterocycles. The Morgan fingerprint density at radius 1 is 0.608 bits per heavy atom. The van der Waals surface area contributed by atoms with Gasteiger partial charge in [0.05, 0.1) is 25.7 Å². The molecule has 0 radical (unpaired) electrons. The van der Waals surface area contributed by atoms with E-state index in [1.807, 2.05) is 69.3 Å². The number of hydrogen-bond donors (Lipinski definition) is 0. The zero-order chi connectivity index (χ0) is 37.6. The molecule has 0 amide bonds. The van der Waals surface area contributed by atoms with Gasteiger partial charge < -0.3 is 18.4 Å². The van der Waals surface area contributed by atoms with Crippen LogP contribution in [0, 0.1) is 26.8 Å². The van der Waals surface area contributed by atoms with Crippen LogP contribution in [0.25, 0.3) is 0 Å². The average molecular weight is 761 g/mol. The van der Waals surface area contributed by atoms with Gasteiger partial charge in [0.2, 0.25) is 0 Å². The molecule has 2 atom stereocenters. The summed E-state index contributed by atoms with van der Waals surface area (Å²) in [6, 6.07) is 20.3. The lowest BCUT2D eigenvalue weighted by Crippen LogP contribution is -2.62. The highest BCUT2D eigenvalue weighted by molar-refractivity contribution is 6.39. The van der Waals surface area contributed by atoms with Gasteiger partial charge in [-0.3, -0.25) is 0 Å². The van der Waals surface area contributed by atoms with Gasteiger partial charge in [0, 0.05) is 16.5 Å². The van der Waals surface area contributed by atoms with Crippen LogP contribution in [-0.4, -0.2) is 43.6 Å². The molecule has 0 saturated heterocycles. The number of aryl methyl sites for hydroxylation is 3. The van der Waals surface area contributed by atoms with E-state index in [0.717, 1.165) is 51.9 Å². The second-order valence-corrected chi connectivity index (χ2v) is 15.2. The van der Waals surface area contributed by atoms with E-state index in [-0.39, 0.29) is 6.10 Å². The standard InChI is InChI=1S/C36H59BCl2NO3.C7H6Cl/c1-8-13-17-19-36(35(18-12-5)40(24-14-9-2,25-15-10-3)26-16-11-4)43-37(41-31-22-20-29(6)33(38)27-31)42-32-23-21-30(7)34(39)28-32;1-6-4-2-3-5-7(6)8/h20-23,27-28,35-36H,8-19,24-26H2,1-7H3;2,4-5H,1H3/q+1;-1. The molecule has 0 bridgehead atoms. The van der Waals surface area contributed by atoms with Gasteiger partial charge in [0.1, 0.15) is 17.5 Å². The number of halogens is 3. The Kier molecular flexibility index (Phi) is 22.4. The van der Waals surface area contributed by atoms with Crippen molar-refractivity contribution in [2.24, 2.45) is 0 Å². The minimum atomic E-state index is -0.936. The van der Waals surface area contributed by atoms with E-state index in [1.54, 1.807) is 6.07 Å². The Labute approximate surface area is 327 Å². The Hall–Kier alpha value is -1.89. The molecule has 284 valence electrons. The van der Waals surface area contributed by atoms with E-state index >= 15 is 0 Å². The smallest absolute Gasteiger partial charge is 0.501 e. The summed E-state index contributed by atoms with van der Waals surface area (Å²) in [5, 5.41) is 2.10. The number of rotatable bonds is 23. The lowest BCUT2D eigenvalue weighted by atomic mass is 9.92. The summed E-state index contributed by atoms with van der Waals surface area (Å²) >= 11 is 18.7. The molecule has 0 saturated carbocycles. The first-order valence-electron chi connectivity index (χ1n) is 19.5. The second-order valence-electron chi connectivity index (χ2n) is 14.0. The van der Waals surface area contributed by atoms with E-state index in [0.29, 0.717) is 27.6 Å². The lowest BCUT2D eigenvalue weighted by molar-refractivity contribution is -0.955. The van der Waals surface area contributed by atoms with E-state index in [4.69, 9.17) is 48.8 Å². The van der Waals surface area contributed by atoms with E-state index < -0.39 is 7.32 Å². The minimum absolute atomic E-state index is 0.0103. The molecule has 3 aromatic rings. The first-order chi connectivity index (χ1) is 24.5. The highest BCUT2D eigenvalue weighted by Crippen LogP contribution is 2.32. The summed E-state index contributed by atoms with van der Waals surface area (Å²) in [4.78, 5) is 0. The molecule has 3 rings (SSSR count). The molecule has 0 N–H and O–H groups in total. The fourth-order valence-corrected chi connectivity index (χ4v) is 7.00. The van der Waals surface area contributed by atoms with Gasteiger partial charge in [-0.25, -0.2) is 0 Å². The average Bonchev–Trinajstić information content (AvgIpc) is 3.11. The minimum Gasteiger partial charge on any atom is -0.501 e. The predicted molar refractivity (Wildman–Crippen MR) is 222 cm³/mol. The zero-order valence-corrected chi connectivity index (χ0v) is 35.1. The van der Waals surface area contributed by atoms with Gasteiger partial charge >= 0.3 is 7.32 Å². The zero-order valence-electron chi connectivity index (χ0n) is 32.8. The molecular weight excluding hydrogens is 696 g/mol. The maximum Gasteiger partial charge on any atom is 0.788 e. The van der Waals surface area contributed by atoms with Crippen LogP contribution >= 0.6 is 34.8 Å². The number of nitrogens with zero attached hydrogens (tertiary/aromatic N) is 1. The Morgan fingerprint density at radius 3 is 1.49 bits per heavy atom. The molecule has 51 heavy (non-hydrogen) atoms. The summed E-state index contributed by atoms with van der Waals surface area (Å²) in [6.45, 7) is 21.1. The number of benzene rings is 3. The summed E-state index contributed by atoms with van der Waals surface area (Å²) < 4.78 is 21.1. The van der Waals surface area contributed by atoms with Gasteiger partial charge in [0.25, 0.3) is 0 Å². The molecule has 0 aliphatic rings. The molecule has 2 unspecified atom stereocenters. The van der Waals surface area contributed by atoms with Crippen molar-refractivity contribution in [1.29, 1.82) is 0 Å². The van der Waals surface area contributed by atoms with Gasteiger partial charge in [-0.1, -0.05) is 127 Å². The molecule has 0 heterocycles. The van der Waals surface area contributed by atoms with Crippen molar-refractivity contribution in [2.75, 3.05) is 19.6 Å². The molecule has 8 heteroatoms. The molecule has 0 spiro atoms. The third kappa shape index (κ3) is 15.9. The van der Waals surface area contributed by atoms with Crippen molar-refractivity contribution in [3.05, 3.63) is 92.4 Å². The summed E-state index contributed by atoms with van der Waals surface area (Å²) in [7, 11) is -0.936. The van der Waals surface area contributed by atoms with Crippen molar-refractivity contribution in [1.82, 2.24) is 0 Å². The first kappa shape index (κ1) is 45.3. The van der Waals surface area contributed by atoms with Gasteiger partial charge in [0.15, 0.2) is 0 Å². The second kappa shape index (κ2) is 25.2. The highest BCUT2D eigenvalue weighted by atomic mass is 35.5. The Bertz CT molecular complexity index is 1290. The largest absolute Gasteiger partial charge is 0.788 e. The van der Waals surface area contributed by atoms with E-state index in [9.17, 15) is 0 Å². The number of hydrogen-bond acceptors (Lipinski definition) is 3. The van der Waals surface area contributed by atoms with Crippen LogP contribution in [0.1, 0.15) is 128 Å². The monoisotopic (exact) mass is 759 g/mol. The number of quaternary nitrogens is 1. The van der Waals surface area contributed by atoms with E-state index in [1.165, 1.54) is 71.0 Å². The molecule has 3 aromatic carbocycles. The normalized spacial score (nSPS) is 12.5. The fourth-order valence-electron chi connectivity index (χ4n) is 6.53. The Balaban J connectivity index is 0.000000986. The Morgan fingerprint density at radius 2 is 1.10 bits per heavy atom. The third-order valence-electron chi connectivity index (χ3n) is 9.73. The van der Waals surface area contributed by atoms with Crippen molar-refractivity contribution in [2.45, 2.75) is 145 Å². The maximum atomic E-state index is 7.06. The molecular formula is C43H65BCl3NO3. The lowest BCUT2D eigenvalue weighted by Gasteiger charge is -2.48. The topological polar surface area (TPSA) is 27.7 Å². The van der Waals surface area contributed by atoms with Crippen molar-refractivity contribution in [3.8, 4) is 11.5 Å². The van der Waals surface area contributed by atoms with Crippen molar-refractivity contribution >= 4 is 42.1 Å². The van der Waals surface area contributed by atoms with Crippen LogP contribution in [0.15, 0.2) is 54.6 Å². The van der Waals surface area contributed by atoms with Gasteiger partial charge in [-0.05, 0) is 74.9 Å². The van der Waals surface area contributed by atoms with Gasteiger partial charge in [-0.2, -0.15) is 35.9 Å². The van der Waals surface area contributed by atoms with Crippen LogP contribution in [-0.2, 0) is 4.65 Å². The third-order valence-corrected chi connectivity index (χ3v) is 11.0. The van der Waals surface area contributed by atoms with Crippen molar-refractivity contribution < 1.29 is 18.4 Å². The summed E-state index contributed by atoms with van der Waals surface area (Å²) in [5.41, 5.74) is 3.11. The number of unbranched alkanes of at least 4 members (excludes halogenated alkanes) is 5. The summed E-state index contributed by atoms with van der Waals surface area (Å²) in [6.07, 6.45) is 14.0. The van der Waals surface area contributed by atoms with Crippen LogP contribution < -0.4 is 9.31 Å².